The second-order valence-corrected chi connectivity index (χ2v) is 5.59. The Morgan fingerprint density at radius 2 is 1.79 bits per heavy atom. The van der Waals surface area contributed by atoms with Crippen LogP contribution in [0, 0.1) is 0 Å². The molecule has 1 heterocycles. The third-order valence-corrected chi connectivity index (χ3v) is 4.05. The quantitative estimate of drug-likeness (QED) is 0.263. The molecule has 0 aromatic heterocycles. The van der Waals surface area contributed by atoms with E-state index < -0.39 is 18.0 Å². The van der Waals surface area contributed by atoms with Crippen LogP contribution >= 0.6 is 0 Å². The van der Waals surface area contributed by atoms with E-state index >= 15 is 0 Å². The van der Waals surface area contributed by atoms with E-state index in [-0.39, 0.29) is 43.7 Å². The molecule has 1 aliphatic heterocycles. The van der Waals surface area contributed by atoms with E-state index in [1.54, 1.807) is 13.8 Å². The predicted octanol–water partition coefficient (Wildman–Crippen LogP) is 0.904. The Labute approximate surface area is 140 Å². The number of imide groups is 1. The number of nitrogens with zero attached hydrogens (tertiary/aromatic N) is 1. The molecule has 2 rings (SSSR count). The van der Waals surface area contributed by atoms with Gasteiger partial charge in [-0.3, -0.25) is 9.69 Å². The van der Waals surface area contributed by atoms with Crippen LogP contribution in [0.1, 0.15) is 39.5 Å². The molecular weight excluding hydrogens is 316 g/mol. The minimum Gasteiger partial charge on any atom is -0.462 e. The van der Waals surface area contributed by atoms with Gasteiger partial charge in [-0.15, -0.1) is 0 Å². The Bertz CT molecular complexity index is 547. The Kier molecular flexibility index (Phi) is 5.94. The number of carbonyl (C=O) groups excluding carboxylic acids is 4. The maximum Gasteiger partial charge on any atom is 0.345 e. The summed E-state index contributed by atoms with van der Waals surface area (Å²) >= 11 is 0. The number of amides is 3. The predicted molar refractivity (Wildman–Crippen MR) is 82.8 cm³/mol. The average molecular weight is 338 g/mol. The Balaban J connectivity index is 2.28. The number of rotatable bonds is 5. The fourth-order valence-electron chi connectivity index (χ4n) is 3.07. The van der Waals surface area contributed by atoms with Crippen LogP contribution in [0.3, 0.4) is 0 Å². The zero-order valence-corrected chi connectivity index (χ0v) is 13.9. The molecule has 0 radical (unpaired) electrons. The average Bonchev–Trinajstić information content (AvgIpc) is 2.87. The summed E-state index contributed by atoms with van der Waals surface area (Å²) in [6, 6.07) is -0.789. The number of hydrogen-bond acceptors (Lipinski definition) is 6. The lowest BCUT2D eigenvalue weighted by molar-refractivity contribution is -0.146. The molecule has 1 unspecified atom stereocenters. The van der Waals surface area contributed by atoms with Crippen molar-refractivity contribution < 1.29 is 28.7 Å². The topological polar surface area (TPSA) is 102 Å². The molecule has 0 bridgehead atoms. The van der Waals surface area contributed by atoms with Gasteiger partial charge in [-0.1, -0.05) is 0 Å². The molecule has 3 amide bonds. The number of carbonyl (C=O) groups is 4. The van der Waals surface area contributed by atoms with Crippen molar-refractivity contribution in [3.05, 3.63) is 11.1 Å². The van der Waals surface area contributed by atoms with E-state index in [0.29, 0.717) is 24.8 Å². The number of hydrogen-bond donors (Lipinski definition) is 1. The van der Waals surface area contributed by atoms with Crippen LogP contribution in [0.4, 0.5) is 4.79 Å². The smallest absolute Gasteiger partial charge is 0.345 e. The van der Waals surface area contributed by atoms with Crippen molar-refractivity contribution >= 4 is 23.9 Å². The second kappa shape index (κ2) is 7.94. The highest BCUT2D eigenvalue weighted by atomic mass is 16.6. The highest BCUT2D eigenvalue weighted by Gasteiger charge is 2.38. The molecule has 1 saturated carbocycles. The molecule has 1 atom stereocenters. The first kappa shape index (κ1) is 18.0. The maximum atomic E-state index is 12.2. The van der Waals surface area contributed by atoms with Gasteiger partial charge >= 0.3 is 18.0 Å². The van der Waals surface area contributed by atoms with Gasteiger partial charge in [0.15, 0.2) is 0 Å². The van der Waals surface area contributed by atoms with E-state index in [9.17, 15) is 19.2 Å². The van der Waals surface area contributed by atoms with Gasteiger partial charge in [0.1, 0.15) is 5.57 Å². The first-order valence-corrected chi connectivity index (χ1v) is 8.15. The molecule has 1 aliphatic carbocycles. The van der Waals surface area contributed by atoms with E-state index in [2.05, 4.69) is 5.32 Å². The van der Waals surface area contributed by atoms with Crippen molar-refractivity contribution in [1.29, 1.82) is 0 Å². The van der Waals surface area contributed by atoms with Gasteiger partial charge in [-0.25, -0.2) is 14.4 Å². The van der Waals surface area contributed by atoms with Crippen molar-refractivity contribution in [2.24, 2.45) is 0 Å². The molecule has 24 heavy (non-hydrogen) atoms. The van der Waals surface area contributed by atoms with Crippen LogP contribution in [0.2, 0.25) is 0 Å². The minimum absolute atomic E-state index is 0.0169. The Morgan fingerprint density at radius 3 is 2.29 bits per heavy atom. The van der Waals surface area contributed by atoms with Gasteiger partial charge in [-0.05, 0) is 45.1 Å². The number of urea groups is 1. The third kappa shape index (κ3) is 3.74. The molecule has 8 heteroatoms. The van der Waals surface area contributed by atoms with Crippen LogP contribution in [-0.4, -0.2) is 54.6 Å². The van der Waals surface area contributed by atoms with E-state index in [4.69, 9.17) is 9.47 Å². The van der Waals surface area contributed by atoms with Crippen molar-refractivity contribution in [3.63, 3.8) is 0 Å². The summed E-state index contributed by atoms with van der Waals surface area (Å²) in [6.07, 6.45) is 2.13. The molecule has 2 aliphatic rings. The van der Waals surface area contributed by atoms with E-state index in [0.717, 1.165) is 0 Å². The molecule has 0 aromatic carbocycles. The normalized spacial score (nSPS) is 20.7. The van der Waals surface area contributed by atoms with Crippen LogP contribution in [0.5, 0.6) is 0 Å². The highest BCUT2D eigenvalue weighted by Crippen LogP contribution is 2.31. The standard InChI is InChI=1S/C16H22N2O6/c1-3-23-14(20)13(15(21)24-4-2)10-6-5-7-11(8-10)18-12(19)9-17-16(18)22/h11H,3-9H2,1-2H3,(H,17,22). The SMILES string of the molecule is CCOC(=O)C(C(=O)OCC)=C1CCCC(N2C(=O)CNC2=O)C1. The van der Waals surface area contributed by atoms with Crippen LogP contribution in [0.25, 0.3) is 0 Å². The van der Waals surface area contributed by atoms with Gasteiger partial charge in [0.2, 0.25) is 5.91 Å². The molecule has 2 fully saturated rings. The van der Waals surface area contributed by atoms with Crippen molar-refractivity contribution in [3.8, 4) is 0 Å². The van der Waals surface area contributed by atoms with Crippen LogP contribution < -0.4 is 5.32 Å². The van der Waals surface area contributed by atoms with Gasteiger partial charge in [0.25, 0.3) is 0 Å². The lowest BCUT2D eigenvalue weighted by Crippen LogP contribution is -2.42. The zero-order chi connectivity index (χ0) is 17.7. The second-order valence-electron chi connectivity index (χ2n) is 5.59. The summed E-state index contributed by atoms with van der Waals surface area (Å²) < 4.78 is 9.94. The maximum absolute atomic E-state index is 12.2. The monoisotopic (exact) mass is 338 g/mol. The molecule has 0 aromatic rings. The zero-order valence-electron chi connectivity index (χ0n) is 13.9. The van der Waals surface area contributed by atoms with E-state index in [1.165, 1.54) is 4.90 Å². The summed E-state index contributed by atoms with van der Waals surface area (Å²) in [5, 5.41) is 2.48. The molecular formula is C16H22N2O6. The molecule has 132 valence electrons. The summed E-state index contributed by atoms with van der Waals surface area (Å²) in [5.74, 6) is -1.73. The Hall–Kier alpha value is -2.38. The van der Waals surface area contributed by atoms with Crippen molar-refractivity contribution in [2.75, 3.05) is 19.8 Å². The van der Waals surface area contributed by atoms with Crippen LogP contribution in [0.15, 0.2) is 11.1 Å². The lowest BCUT2D eigenvalue weighted by atomic mass is 9.86. The number of esters is 2. The largest absolute Gasteiger partial charge is 0.462 e. The molecule has 1 N–H and O–H groups in total. The summed E-state index contributed by atoms with van der Waals surface area (Å²) in [7, 11) is 0. The Morgan fingerprint density at radius 1 is 1.17 bits per heavy atom. The fraction of sp³-hybridized carbons (Fsp3) is 0.625. The summed E-state index contributed by atoms with van der Waals surface area (Å²) in [6.45, 7) is 3.58. The third-order valence-electron chi connectivity index (χ3n) is 4.05. The molecule has 0 spiro atoms. The first-order valence-electron chi connectivity index (χ1n) is 8.15. The number of nitrogens with one attached hydrogen (secondary N) is 1. The molecule has 8 nitrogen and oxygen atoms in total. The van der Waals surface area contributed by atoms with Crippen molar-refractivity contribution in [1.82, 2.24) is 10.2 Å². The van der Waals surface area contributed by atoms with E-state index in [1.807, 2.05) is 0 Å². The van der Waals surface area contributed by atoms with Gasteiger partial charge in [-0.2, -0.15) is 0 Å². The highest BCUT2D eigenvalue weighted by molar-refractivity contribution is 6.14. The van der Waals surface area contributed by atoms with Crippen LogP contribution in [-0.2, 0) is 23.9 Å². The minimum atomic E-state index is -0.719. The fourth-order valence-corrected chi connectivity index (χ4v) is 3.07. The summed E-state index contributed by atoms with van der Waals surface area (Å²) in [4.78, 5) is 49.2. The first-order chi connectivity index (χ1) is 11.5. The van der Waals surface area contributed by atoms with Gasteiger partial charge in [0.05, 0.1) is 19.8 Å². The summed E-state index contributed by atoms with van der Waals surface area (Å²) in [5.41, 5.74) is 0.478. The van der Waals surface area contributed by atoms with Crippen molar-refractivity contribution in [2.45, 2.75) is 45.6 Å². The lowest BCUT2D eigenvalue weighted by Gasteiger charge is -2.30. The molecule has 1 saturated heterocycles. The number of ether oxygens (including phenoxy) is 2. The van der Waals surface area contributed by atoms with Gasteiger partial charge in [0, 0.05) is 6.04 Å². The van der Waals surface area contributed by atoms with Gasteiger partial charge < -0.3 is 14.8 Å².